The molecule has 0 radical (unpaired) electrons. The zero-order chi connectivity index (χ0) is 20.0. The van der Waals surface area contributed by atoms with E-state index in [4.69, 9.17) is 27.9 Å². The van der Waals surface area contributed by atoms with Crippen molar-refractivity contribution in [3.8, 4) is 0 Å². The molecular weight excluding hydrogens is 415 g/mol. The van der Waals surface area contributed by atoms with E-state index in [1.807, 2.05) is 0 Å². The Kier molecular flexibility index (Phi) is 7.20. The number of anilines is 1. The quantitative estimate of drug-likeness (QED) is 0.657. The molecular formula is C17H16Cl2N2O5S. The molecule has 0 heterocycles. The van der Waals surface area contributed by atoms with Gasteiger partial charge in [0, 0.05) is 28.2 Å². The van der Waals surface area contributed by atoms with Crippen molar-refractivity contribution in [3.63, 3.8) is 0 Å². The summed E-state index contributed by atoms with van der Waals surface area (Å²) in [6.07, 6.45) is 0. The molecule has 0 bridgehead atoms. The van der Waals surface area contributed by atoms with Crippen LogP contribution in [0.3, 0.4) is 0 Å². The first-order chi connectivity index (χ1) is 12.7. The Morgan fingerprint density at radius 1 is 1.07 bits per heavy atom. The summed E-state index contributed by atoms with van der Waals surface area (Å²) in [5.74, 6) is -1.04. The van der Waals surface area contributed by atoms with E-state index >= 15 is 0 Å². The maximum Gasteiger partial charge on any atom is 0.321 e. The molecule has 1 amide bonds. The topological polar surface area (TPSA) is 102 Å². The molecule has 0 aliphatic rings. The molecule has 144 valence electrons. The molecule has 0 saturated carbocycles. The Bertz CT molecular complexity index is 946. The third-order valence-corrected chi connectivity index (χ3v) is 5.30. The highest BCUT2D eigenvalue weighted by Crippen LogP contribution is 2.21. The average molecular weight is 431 g/mol. The summed E-state index contributed by atoms with van der Waals surface area (Å²) < 4.78 is 31.5. The van der Waals surface area contributed by atoms with Gasteiger partial charge in [-0.1, -0.05) is 29.3 Å². The molecule has 2 N–H and O–H groups in total. The van der Waals surface area contributed by atoms with E-state index in [1.165, 1.54) is 37.3 Å². The van der Waals surface area contributed by atoms with Crippen molar-refractivity contribution in [1.29, 1.82) is 0 Å². The molecule has 7 nitrogen and oxygen atoms in total. The summed E-state index contributed by atoms with van der Waals surface area (Å²) in [6, 6.07) is 10.2. The smallest absolute Gasteiger partial charge is 0.321 e. The Hall–Kier alpha value is -2.13. The lowest BCUT2D eigenvalue weighted by Gasteiger charge is -2.09. The van der Waals surface area contributed by atoms with E-state index in [9.17, 15) is 18.0 Å². The van der Waals surface area contributed by atoms with Crippen LogP contribution in [0.2, 0.25) is 10.0 Å². The molecule has 0 saturated heterocycles. The fourth-order valence-electron chi connectivity index (χ4n) is 2.01. The summed E-state index contributed by atoms with van der Waals surface area (Å²) in [6.45, 7) is 0.692. The first-order valence-electron chi connectivity index (χ1n) is 7.64. The van der Waals surface area contributed by atoms with E-state index in [0.29, 0.717) is 21.3 Å². The standard InChI is InChI=1S/C17H16Cl2N2O5S/c1-11(22)21-14-4-6-15(7-5-14)27(24,25)20-9-17(23)26-10-12-2-3-13(18)8-16(12)19/h2-8,20H,9-10H2,1H3,(H,21,22). The van der Waals surface area contributed by atoms with Gasteiger partial charge in [-0.25, -0.2) is 8.42 Å². The normalized spacial score (nSPS) is 11.1. The zero-order valence-corrected chi connectivity index (χ0v) is 16.5. The molecule has 0 spiro atoms. The van der Waals surface area contributed by atoms with Crippen molar-refractivity contribution in [2.75, 3.05) is 11.9 Å². The van der Waals surface area contributed by atoms with Crippen molar-refractivity contribution < 1.29 is 22.7 Å². The summed E-state index contributed by atoms with van der Waals surface area (Å²) in [4.78, 5) is 22.7. The number of rotatable bonds is 7. The number of halogens is 2. The highest BCUT2D eigenvalue weighted by Gasteiger charge is 2.16. The number of hydrogen-bond acceptors (Lipinski definition) is 5. The molecule has 2 aromatic carbocycles. The van der Waals surface area contributed by atoms with Crippen LogP contribution in [0.25, 0.3) is 0 Å². The van der Waals surface area contributed by atoms with E-state index < -0.39 is 22.5 Å². The largest absolute Gasteiger partial charge is 0.460 e. The van der Waals surface area contributed by atoms with Crippen LogP contribution in [0.15, 0.2) is 47.4 Å². The molecule has 27 heavy (non-hydrogen) atoms. The van der Waals surface area contributed by atoms with Crippen molar-refractivity contribution in [2.45, 2.75) is 18.4 Å². The number of carbonyl (C=O) groups is 2. The zero-order valence-electron chi connectivity index (χ0n) is 14.2. The van der Waals surface area contributed by atoms with Crippen molar-refractivity contribution in [2.24, 2.45) is 0 Å². The number of sulfonamides is 1. The first kappa shape index (κ1) is 21.2. The highest BCUT2D eigenvalue weighted by molar-refractivity contribution is 7.89. The van der Waals surface area contributed by atoms with Gasteiger partial charge in [0.2, 0.25) is 15.9 Å². The van der Waals surface area contributed by atoms with E-state index in [0.717, 1.165) is 0 Å². The third-order valence-electron chi connectivity index (χ3n) is 3.30. The van der Waals surface area contributed by atoms with E-state index in [2.05, 4.69) is 10.0 Å². The molecule has 2 rings (SSSR count). The van der Waals surface area contributed by atoms with Crippen molar-refractivity contribution in [1.82, 2.24) is 4.72 Å². The number of ether oxygens (including phenoxy) is 1. The van der Waals surface area contributed by atoms with E-state index in [-0.39, 0.29) is 17.4 Å². The molecule has 0 aliphatic heterocycles. The second-order valence-electron chi connectivity index (χ2n) is 5.43. The van der Waals surface area contributed by atoms with Crippen LogP contribution in [0.4, 0.5) is 5.69 Å². The summed E-state index contributed by atoms with van der Waals surface area (Å²) in [5.41, 5.74) is 1.01. The monoisotopic (exact) mass is 430 g/mol. The van der Waals surface area contributed by atoms with Crippen LogP contribution < -0.4 is 10.0 Å². The first-order valence-corrected chi connectivity index (χ1v) is 9.88. The molecule has 0 aromatic heterocycles. The number of carbonyl (C=O) groups excluding carboxylic acids is 2. The van der Waals surface area contributed by atoms with Crippen LogP contribution in [0.5, 0.6) is 0 Å². The third kappa shape index (κ3) is 6.51. The van der Waals surface area contributed by atoms with Crippen LogP contribution in [-0.2, 0) is 31.0 Å². The van der Waals surface area contributed by atoms with Gasteiger partial charge in [0.15, 0.2) is 0 Å². The maximum absolute atomic E-state index is 12.2. The fraction of sp³-hybridized carbons (Fsp3) is 0.176. The lowest BCUT2D eigenvalue weighted by atomic mass is 10.2. The van der Waals surface area contributed by atoms with Gasteiger partial charge in [-0.3, -0.25) is 9.59 Å². The number of hydrogen-bond donors (Lipinski definition) is 2. The SMILES string of the molecule is CC(=O)Nc1ccc(S(=O)(=O)NCC(=O)OCc2ccc(Cl)cc2Cl)cc1. The lowest BCUT2D eigenvalue weighted by molar-refractivity contribution is -0.143. The van der Waals surface area contributed by atoms with Gasteiger partial charge in [-0.05, 0) is 36.4 Å². The van der Waals surface area contributed by atoms with Gasteiger partial charge in [0.05, 0.1) is 4.90 Å². The minimum Gasteiger partial charge on any atom is -0.460 e. The number of esters is 1. The molecule has 10 heteroatoms. The number of nitrogens with one attached hydrogen (secondary N) is 2. The van der Waals surface area contributed by atoms with Crippen molar-refractivity contribution >= 4 is 50.8 Å². The molecule has 0 unspecified atom stereocenters. The average Bonchev–Trinajstić information content (AvgIpc) is 2.59. The second-order valence-corrected chi connectivity index (χ2v) is 8.04. The minimum atomic E-state index is -3.90. The predicted molar refractivity (Wildman–Crippen MR) is 102 cm³/mol. The molecule has 0 fully saturated rings. The summed E-state index contributed by atoms with van der Waals surface area (Å²) >= 11 is 11.8. The van der Waals surface area contributed by atoms with Crippen LogP contribution in [0, 0.1) is 0 Å². The number of benzene rings is 2. The lowest BCUT2D eigenvalue weighted by Crippen LogP contribution is -2.30. The highest BCUT2D eigenvalue weighted by atomic mass is 35.5. The van der Waals surface area contributed by atoms with Gasteiger partial charge >= 0.3 is 5.97 Å². The van der Waals surface area contributed by atoms with Crippen LogP contribution in [0.1, 0.15) is 12.5 Å². The van der Waals surface area contributed by atoms with Crippen molar-refractivity contribution in [3.05, 3.63) is 58.1 Å². The predicted octanol–water partition coefficient (Wildman–Crippen LogP) is 2.97. The summed E-state index contributed by atoms with van der Waals surface area (Å²) in [7, 11) is -3.90. The summed E-state index contributed by atoms with van der Waals surface area (Å²) in [5, 5.41) is 3.32. The van der Waals surface area contributed by atoms with Gasteiger partial charge < -0.3 is 10.1 Å². The van der Waals surface area contributed by atoms with Crippen LogP contribution >= 0.6 is 23.2 Å². The van der Waals surface area contributed by atoms with Gasteiger partial charge in [0.25, 0.3) is 0 Å². The van der Waals surface area contributed by atoms with Gasteiger partial charge in [-0.2, -0.15) is 4.72 Å². The second kappa shape index (κ2) is 9.18. The Morgan fingerprint density at radius 2 is 1.74 bits per heavy atom. The molecule has 0 atom stereocenters. The van der Waals surface area contributed by atoms with Gasteiger partial charge in [-0.15, -0.1) is 0 Å². The number of amides is 1. The molecule has 2 aromatic rings. The maximum atomic E-state index is 12.2. The minimum absolute atomic E-state index is 0.0508. The Labute approximate surface area is 166 Å². The Morgan fingerprint density at radius 3 is 2.33 bits per heavy atom. The fourth-order valence-corrected chi connectivity index (χ4v) is 3.44. The van der Waals surface area contributed by atoms with Gasteiger partial charge in [0.1, 0.15) is 13.2 Å². The Balaban J connectivity index is 1.90. The van der Waals surface area contributed by atoms with E-state index in [1.54, 1.807) is 12.1 Å². The van der Waals surface area contributed by atoms with Crippen LogP contribution in [-0.4, -0.2) is 26.8 Å². The molecule has 0 aliphatic carbocycles.